The number of fused-ring (bicyclic) bond motifs is 12. The number of furan rings is 2. The first kappa shape index (κ1) is 42.2. The lowest BCUT2D eigenvalue weighted by molar-refractivity contribution is 0.669. The van der Waals surface area contributed by atoms with Gasteiger partial charge in [0.15, 0.2) is 5.82 Å². The van der Waals surface area contributed by atoms with E-state index in [9.17, 15) is 0 Å². The van der Waals surface area contributed by atoms with Crippen molar-refractivity contribution < 1.29 is 8.83 Å². The first-order valence-corrected chi connectivity index (χ1v) is 25.7. The molecule has 0 aliphatic rings. The molecule has 0 unspecified atom stereocenters. The van der Waals surface area contributed by atoms with Crippen LogP contribution in [0.5, 0.6) is 0 Å². The summed E-state index contributed by atoms with van der Waals surface area (Å²) < 4.78 is 18.0. The molecule has 0 atom stereocenters. The Kier molecular flexibility index (Phi) is 9.23. The molecule has 0 fully saturated rings. The lowest BCUT2D eigenvalue weighted by Gasteiger charge is -2.16. The van der Waals surface area contributed by atoms with E-state index in [1.807, 2.05) is 48.5 Å². The van der Waals surface area contributed by atoms with Crippen molar-refractivity contribution in [3.63, 3.8) is 0 Å². The smallest absolute Gasteiger partial charge is 0.160 e. The third-order valence-electron chi connectivity index (χ3n) is 15.3. The van der Waals surface area contributed by atoms with Gasteiger partial charge >= 0.3 is 0 Å². The van der Waals surface area contributed by atoms with E-state index in [1.54, 1.807) is 0 Å². The molecule has 5 aromatic heterocycles. The van der Waals surface area contributed by atoms with Gasteiger partial charge in [-0.2, -0.15) is 0 Å². The van der Waals surface area contributed by atoms with Gasteiger partial charge in [0.25, 0.3) is 0 Å². The molecule has 354 valence electrons. The highest BCUT2D eigenvalue weighted by Crippen LogP contribution is 2.43. The summed E-state index contributed by atoms with van der Waals surface area (Å²) in [6.45, 7) is 0. The van der Waals surface area contributed by atoms with Gasteiger partial charge in [0, 0.05) is 82.3 Å². The van der Waals surface area contributed by atoms with Crippen LogP contribution in [0.25, 0.3) is 155 Å². The fraction of sp³-hybridized carbons (Fsp3) is 0. The van der Waals surface area contributed by atoms with Crippen molar-refractivity contribution in [2.24, 2.45) is 0 Å². The van der Waals surface area contributed by atoms with Crippen molar-refractivity contribution >= 4 is 87.5 Å². The minimum absolute atomic E-state index is 0.664. The first-order chi connectivity index (χ1) is 37.7. The van der Waals surface area contributed by atoms with E-state index in [4.69, 9.17) is 18.8 Å². The third kappa shape index (κ3) is 6.54. The lowest BCUT2D eigenvalue weighted by Crippen LogP contribution is -2.01. The van der Waals surface area contributed by atoms with Gasteiger partial charge < -0.3 is 18.0 Å². The Hall–Kier alpha value is -10.3. The van der Waals surface area contributed by atoms with Crippen molar-refractivity contribution in [1.82, 2.24) is 19.1 Å². The van der Waals surface area contributed by atoms with E-state index >= 15 is 0 Å². The molecule has 0 aliphatic carbocycles. The Morgan fingerprint density at radius 2 is 0.684 bits per heavy atom. The predicted molar refractivity (Wildman–Crippen MR) is 312 cm³/mol. The van der Waals surface area contributed by atoms with Crippen molar-refractivity contribution in [2.45, 2.75) is 0 Å². The van der Waals surface area contributed by atoms with Crippen LogP contribution < -0.4 is 0 Å². The molecule has 16 aromatic rings. The summed E-state index contributed by atoms with van der Waals surface area (Å²) in [6, 6.07) is 90.4. The van der Waals surface area contributed by atoms with Crippen LogP contribution in [-0.4, -0.2) is 19.1 Å². The fourth-order valence-electron chi connectivity index (χ4n) is 11.9. The fourth-order valence-corrected chi connectivity index (χ4v) is 11.9. The highest BCUT2D eigenvalue weighted by Gasteiger charge is 2.22. The quantitative estimate of drug-likeness (QED) is 0.160. The van der Waals surface area contributed by atoms with E-state index in [2.05, 4.69) is 215 Å². The molecule has 6 nitrogen and oxygen atoms in total. The summed E-state index contributed by atoms with van der Waals surface area (Å²) in [5.41, 5.74) is 18.9. The largest absolute Gasteiger partial charge is 0.455 e. The summed E-state index contributed by atoms with van der Waals surface area (Å²) in [4.78, 5) is 10.6. The van der Waals surface area contributed by atoms with Crippen LogP contribution >= 0.6 is 0 Å². The number of nitrogens with zero attached hydrogens (tertiary/aromatic N) is 4. The topological polar surface area (TPSA) is 61.9 Å². The van der Waals surface area contributed by atoms with Crippen molar-refractivity contribution in [1.29, 1.82) is 0 Å². The SMILES string of the molecule is c1ccc(-c2cc(-c3cc(-n4c5ccccc5c5cc(-c6cccc7c6oc6ccccc67)ccc54)cc(-n4c5ccccc5c5cc(-c6cccc7c6oc6ccccc67)ccc54)c3)nc(-c3ccccc3)n2)cc1. The molecule has 0 saturated heterocycles. The van der Waals surface area contributed by atoms with Gasteiger partial charge in [0.05, 0.1) is 33.5 Å². The van der Waals surface area contributed by atoms with E-state index in [0.717, 1.165) is 149 Å². The molecule has 0 radical (unpaired) electrons. The van der Waals surface area contributed by atoms with Gasteiger partial charge in [-0.1, -0.05) is 182 Å². The number of para-hydroxylation sites is 6. The van der Waals surface area contributed by atoms with Crippen LogP contribution in [0, 0.1) is 0 Å². The molecule has 0 spiro atoms. The van der Waals surface area contributed by atoms with Crippen LogP contribution in [0.2, 0.25) is 0 Å². The van der Waals surface area contributed by atoms with E-state index in [-0.39, 0.29) is 0 Å². The van der Waals surface area contributed by atoms with E-state index in [1.165, 1.54) is 0 Å². The second kappa shape index (κ2) is 16.6. The Labute approximate surface area is 435 Å². The summed E-state index contributed by atoms with van der Waals surface area (Å²) in [7, 11) is 0. The van der Waals surface area contributed by atoms with Crippen LogP contribution in [0.4, 0.5) is 0 Å². The Balaban J connectivity index is 0.948. The Morgan fingerprint density at radius 3 is 1.21 bits per heavy atom. The normalized spacial score (nSPS) is 11.9. The predicted octanol–water partition coefficient (Wildman–Crippen LogP) is 18.8. The van der Waals surface area contributed by atoms with Gasteiger partial charge in [-0.3, -0.25) is 0 Å². The highest BCUT2D eigenvalue weighted by molar-refractivity contribution is 6.15. The van der Waals surface area contributed by atoms with Gasteiger partial charge in [-0.05, 0) is 83.9 Å². The van der Waals surface area contributed by atoms with Gasteiger partial charge in [0.1, 0.15) is 22.3 Å². The highest BCUT2D eigenvalue weighted by atomic mass is 16.3. The minimum atomic E-state index is 0.664. The summed E-state index contributed by atoms with van der Waals surface area (Å²) >= 11 is 0. The molecule has 5 heterocycles. The maximum atomic E-state index is 6.59. The number of aromatic nitrogens is 4. The molecule has 0 aliphatic heterocycles. The van der Waals surface area contributed by atoms with E-state index in [0.29, 0.717) is 5.82 Å². The summed E-state index contributed by atoms with van der Waals surface area (Å²) in [5.74, 6) is 0.664. The average Bonchev–Trinajstić information content (AvgIpc) is 4.30. The molecule has 16 rings (SSSR count). The summed E-state index contributed by atoms with van der Waals surface area (Å²) in [6.07, 6.45) is 0. The van der Waals surface area contributed by atoms with Crippen LogP contribution in [-0.2, 0) is 0 Å². The van der Waals surface area contributed by atoms with Gasteiger partial charge in [-0.15, -0.1) is 0 Å². The number of hydrogen-bond acceptors (Lipinski definition) is 4. The lowest BCUT2D eigenvalue weighted by atomic mass is 10.0. The molecule has 76 heavy (non-hydrogen) atoms. The maximum absolute atomic E-state index is 6.59. The molecule has 0 amide bonds. The molecule has 11 aromatic carbocycles. The number of rotatable bonds is 7. The number of hydrogen-bond donors (Lipinski definition) is 0. The van der Waals surface area contributed by atoms with Gasteiger partial charge in [-0.25, -0.2) is 9.97 Å². The van der Waals surface area contributed by atoms with Gasteiger partial charge in [0.2, 0.25) is 0 Å². The maximum Gasteiger partial charge on any atom is 0.160 e. The zero-order valence-electron chi connectivity index (χ0n) is 40.9. The molecule has 0 N–H and O–H groups in total. The van der Waals surface area contributed by atoms with E-state index < -0.39 is 0 Å². The standard InChI is InChI=1S/C70H42N4O2/c1-3-17-43(18-4-1)60-42-61(72-70(71-60)44-19-5-2-6-20-44)47-37-48(73-62-29-11-7-21-52(62)58-39-45(33-35-64(58)73)50-25-15-27-56-54-23-9-13-31-66(54)75-68(50)56)41-49(38-47)74-63-30-12-8-22-53(63)59-40-46(34-36-65(59)74)51-26-16-28-57-55-24-10-14-32-67(55)76-69(51)57/h1-42H. The zero-order valence-corrected chi connectivity index (χ0v) is 40.9. The Morgan fingerprint density at radius 1 is 0.263 bits per heavy atom. The number of benzene rings is 11. The monoisotopic (exact) mass is 970 g/mol. The minimum Gasteiger partial charge on any atom is -0.455 e. The van der Waals surface area contributed by atoms with Crippen molar-refractivity contribution in [3.8, 4) is 67.5 Å². The Bertz CT molecular complexity index is 4690. The van der Waals surface area contributed by atoms with Crippen molar-refractivity contribution in [3.05, 3.63) is 255 Å². The summed E-state index contributed by atoms with van der Waals surface area (Å²) in [5, 5.41) is 9.08. The van der Waals surface area contributed by atoms with Crippen LogP contribution in [0.3, 0.4) is 0 Å². The van der Waals surface area contributed by atoms with Crippen LogP contribution in [0.15, 0.2) is 264 Å². The molecular formula is C70H42N4O2. The molecule has 6 heteroatoms. The second-order valence-electron chi connectivity index (χ2n) is 19.7. The van der Waals surface area contributed by atoms with Crippen molar-refractivity contribution in [2.75, 3.05) is 0 Å². The molecule has 0 bridgehead atoms. The van der Waals surface area contributed by atoms with Crippen LogP contribution in [0.1, 0.15) is 0 Å². The third-order valence-corrected chi connectivity index (χ3v) is 15.3. The molecule has 0 saturated carbocycles. The first-order valence-electron chi connectivity index (χ1n) is 25.7. The second-order valence-corrected chi connectivity index (χ2v) is 19.7. The zero-order chi connectivity index (χ0) is 49.8. The average molecular weight is 971 g/mol. The molecular weight excluding hydrogens is 929 g/mol.